The fourth-order valence-corrected chi connectivity index (χ4v) is 11.3. The Balaban J connectivity index is 1.30. The van der Waals surface area contributed by atoms with Crippen molar-refractivity contribution in [3.8, 4) is 44.5 Å². The van der Waals surface area contributed by atoms with E-state index in [1.165, 1.54) is 141 Å². The number of fused-ring (bicyclic) bond motifs is 8. The van der Waals surface area contributed by atoms with Gasteiger partial charge in [0.2, 0.25) is 0 Å². The van der Waals surface area contributed by atoms with Gasteiger partial charge in [-0.1, -0.05) is 194 Å². The van der Waals surface area contributed by atoms with Gasteiger partial charge in [-0.15, -0.1) is 0 Å². The van der Waals surface area contributed by atoms with Crippen molar-refractivity contribution in [2.24, 2.45) is 0 Å². The summed E-state index contributed by atoms with van der Waals surface area (Å²) in [6.07, 6.45) is 0. The molecule has 274 valence electrons. The predicted molar refractivity (Wildman–Crippen MR) is 259 cm³/mol. The van der Waals surface area contributed by atoms with Crippen LogP contribution < -0.4 is 0 Å². The fourth-order valence-electron chi connectivity index (χ4n) is 11.3. The second kappa shape index (κ2) is 11.9. The van der Waals surface area contributed by atoms with Gasteiger partial charge < -0.3 is 0 Å². The molecule has 0 aliphatic rings. The van der Waals surface area contributed by atoms with Gasteiger partial charge in [0.25, 0.3) is 0 Å². The van der Waals surface area contributed by atoms with Crippen LogP contribution in [0.4, 0.5) is 0 Å². The Kier molecular flexibility index (Phi) is 6.38. The summed E-state index contributed by atoms with van der Waals surface area (Å²) in [7, 11) is 0. The van der Waals surface area contributed by atoms with Crippen molar-refractivity contribution >= 4 is 97.0 Å². The minimum atomic E-state index is 1.23. The van der Waals surface area contributed by atoms with E-state index in [1.54, 1.807) is 0 Å². The average molecular weight is 755 g/mol. The molecule has 0 heterocycles. The van der Waals surface area contributed by atoms with Crippen molar-refractivity contribution in [3.05, 3.63) is 206 Å². The van der Waals surface area contributed by atoms with Crippen molar-refractivity contribution in [1.29, 1.82) is 0 Å². The second-order valence-corrected chi connectivity index (χ2v) is 16.6. The zero-order valence-corrected chi connectivity index (χ0v) is 32.6. The Hall–Kier alpha value is -7.80. The molecule has 0 radical (unpaired) electrons. The van der Waals surface area contributed by atoms with E-state index in [4.69, 9.17) is 0 Å². The fraction of sp³-hybridized carbons (Fsp3) is 0. The molecular formula is C60H34. The predicted octanol–water partition coefficient (Wildman–Crippen LogP) is 17.0. The molecule has 0 saturated heterocycles. The molecular weight excluding hydrogens is 721 g/mol. The zero-order valence-electron chi connectivity index (χ0n) is 32.6. The third kappa shape index (κ3) is 4.15. The average Bonchev–Trinajstić information content (AvgIpc) is 3.83. The van der Waals surface area contributed by atoms with Crippen molar-refractivity contribution in [1.82, 2.24) is 0 Å². The highest BCUT2D eigenvalue weighted by Gasteiger charge is 2.28. The van der Waals surface area contributed by atoms with E-state index < -0.39 is 0 Å². The number of hydrogen-bond acceptors (Lipinski definition) is 0. The highest BCUT2D eigenvalue weighted by atomic mass is 14.3. The van der Waals surface area contributed by atoms with Gasteiger partial charge in [0, 0.05) is 0 Å². The van der Waals surface area contributed by atoms with Crippen LogP contribution in [0.25, 0.3) is 141 Å². The van der Waals surface area contributed by atoms with Crippen LogP contribution in [0.1, 0.15) is 0 Å². The van der Waals surface area contributed by atoms with Crippen LogP contribution in [0.5, 0.6) is 0 Å². The first kappa shape index (κ1) is 32.2. The lowest BCUT2D eigenvalue weighted by molar-refractivity contribution is 1.64. The monoisotopic (exact) mass is 754 g/mol. The first-order valence-corrected chi connectivity index (χ1v) is 21.0. The van der Waals surface area contributed by atoms with Crippen LogP contribution in [0.15, 0.2) is 206 Å². The Labute approximate surface area is 346 Å². The van der Waals surface area contributed by atoms with Crippen molar-refractivity contribution in [2.75, 3.05) is 0 Å². The van der Waals surface area contributed by atoms with Gasteiger partial charge in [-0.25, -0.2) is 0 Å². The molecule has 0 heteroatoms. The van der Waals surface area contributed by atoms with Crippen LogP contribution in [0.3, 0.4) is 0 Å². The molecule has 0 aliphatic heterocycles. The van der Waals surface area contributed by atoms with Gasteiger partial charge in [-0.2, -0.15) is 0 Å². The molecule has 0 nitrogen and oxygen atoms in total. The van der Waals surface area contributed by atoms with Crippen LogP contribution in [-0.2, 0) is 0 Å². The lowest BCUT2D eigenvalue weighted by Crippen LogP contribution is -1.91. The third-order valence-electron chi connectivity index (χ3n) is 13.6. The Bertz CT molecular complexity index is 4000. The van der Waals surface area contributed by atoms with Crippen molar-refractivity contribution in [3.63, 3.8) is 0 Å². The maximum absolute atomic E-state index is 2.58. The smallest absolute Gasteiger partial charge is 0.000718 e. The van der Waals surface area contributed by atoms with Gasteiger partial charge >= 0.3 is 0 Å². The SMILES string of the molecule is c1ccc(-c2ccc(-c3ccccc3)c3c4cc5c(-c6ccccc6)c6c7cc8cccc9ccc%10ccc(c6c(-c6ccccc6)c5c5cccc(c23)c54)c7c%10c98)cc1. The number of benzene rings is 12. The first-order chi connectivity index (χ1) is 29.8. The first-order valence-electron chi connectivity index (χ1n) is 21.0. The van der Waals surface area contributed by atoms with Crippen LogP contribution in [0, 0.1) is 0 Å². The summed E-state index contributed by atoms with van der Waals surface area (Å²) in [6.45, 7) is 0. The minimum absolute atomic E-state index is 1.23. The molecule has 14 rings (SSSR count). The molecule has 0 saturated carbocycles. The maximum atomic E-state index is 2.58. The highest BCUT2D eigenvalue weighted by Crippen LogP contribution is 2.57. The third-order valence-corrected chi connectivity index (χ3v) is 13.6. The quantitative estimate of drug-likeness (QED) is 0.157. The molecule has 0 amide bonds. The summed E-state index contributed by atoms with van der Waals surface area (Å²) in [4.78, 5) is 0. The molecule has 0 atom stereocenters. The molecule has 0 N–H and O–H groups in total. The zero-order chi connectivity index (χ0) is 39.1. The van der Waals surface area contributed by atoms with Crippen LogP contribution >= 0.6 is 0 Å². The van der Waals surface area contributed by atoms with E-state index in [9.17, 15) is 0 Å². The largest absolute Gasteiger partial charge is 0.0622 e. The summed E-state index contributed by atoms with van der Waals surface area (Å²) in [5.74, 6) is 0. The molecule has 0 aliphatic carbocycles. The summed E-state index contributed by atoms with van der Waals surface area (Å²) < 4.78 is 0. The molecule has 0 fully saturated rings. The summed E-state index contributed by atoms with van der Waals surface area (Å²) in [5.41, 5.74) is 10.1. The highest BCUT2D eigenvalue weighted by molar-refractivity contribution is 6.48. The topological polar surface area (TPSA) is 0 Å². The molecule has 14 aromatic rings. The molecule has 0 spiro atoms. The number of hydrogen-bond donors (Lipinski definition) is 0. The Morgan fingerprint density at radius 2 is 0.650 bits per heavy atom. The molecule has 14 aromatic carbocycles. The standard InChI is InChI=1S/C60H34/c1-5-15-35(16-6-1)42-31-32-43(36-17-7-2-8-18-36)56-49-34-48-51(37-19-9-3-10-20-37)60-47-33-41-24-13-23-39-27-28-40-29-30-46(58(47)52(40)50(39)41)59(60)53(38-21-11-4-12-22-38)57(48)45-26-14-25-44(54(45)49)55(42)56/h1-34H. The molecule has 0 bridgehead atoms. The van der Waals surface area contributed by atoms with Gasteiger partial charge in [0.15, 0.2) is 0 Å². The summed E-state index contributed by atoms with van der Waals surface area (Å²) in [5, 5.41) is 23.8. The normalized spacial score (nSPS) is 12.3. The van der Waals surface area contributed by atoms with Gasteiger partial charge in [-0.05, 0) is 154 Å². The van der Waals surface area contributed by atoms with Crippen molar-refractivity contribution < 1.29 is 0 Å². The second-order valence-electron chi connectivity index (χ2n) is 16.6. The number of rotatable bonds is 4. The van der Waals surface area contributed by atoms with E-state index in [-0.39, 0.29) is 0 Å². The lowest BCUT2D eigenvalue weighted by atomic mass is 9.83. The van der Waals surface area contributed by atoms with Gasteiger partial charge in [-0.3, -0.25) is 0 Å². The van der Waals surface area contributed by atoms with Crippen molar-refractivity contribution in [2.45, 2.75) is 0 Å². The minimum Gasteiger partial charge on any atom is -0.0622 e. The summed E-state index contributed by atoms with van der Waals surface area (Å²) in [6, 6.07) is 77.4. The van der Waals surface area contributed by atoms with Gasteiger partial charge in [0.05, 0.1) is 0 Å². The Morgan fingerprint density at radius 3 is 1.30 bits per heavy atom. The van der Waals surface area contributed by atoms with Crippen LogP contribution in [-0.4, -0.2) is 0 Å². The maximum Gasteiger partial charge on any atom is -0.000718 e. The lowest BCUT2D eigenvalue weighted by Gasteiger charge is -2.19. The van der Waals surface area contributed by atoms with E-state index in [0.29, 0.717) is 0 Å². The molecule has 0 unspecified atom stereocenters. The summed E-state index contributed by atoms with van der Waals surface area (Å²) >= 11 is 0. The molecule has 60 heavy (non-hydrogen) atoms. The van der Waals surface area contributed by atoms with E-state index in [2.05, 4.69) is 206 Å². The van der Waals surface area contributed by atoms with E-state index in [0.717, 1.165) is 0 Å². The van der Waals surface area contributed by atoms with Gasteiger partial charge in [0.1, 0.15) is 0 Å². The van der Waals surface area contributed by atoms with E-state index in [1.807, 2.05) is 0 Å². The van der Waals surface area contributed by atoms with E-state index >= 15 is 0 Å². The van der Waals surface area contributed by atoms with Crippen LogP contribution in [0.2, 0.25) is 0 Å². The molecule has 0 aromatic heterocycles. The Morgan fingerprint density at radius 1 is 0.183 bits per heavy atom.